The number of hydrazine groups is 1. The maximum Gasteiger partial charge on any atom is 0.126 e. The van der Waals surface area contributed by atoms with E-state index in [1.54, 1.807) is 10.9 Å². The molecule has 2 rings (SSSR count). The molecule has 1 aliphatic heterocycles. The lowest BCUT2D eigenvalue weighted by atomic mass is 9.90. The maximum absolute atomic E-state index is 5.96. The van der Waals surface area contributed by atoms with Gasteiger partial charge in [0.05, 0.1) is 12.2 Å². The lowest BCUT2D eigenvalue weighted by Crippen LogP contribution is -2.31. The largest absolute Gasteiger partial charge is 0.384 e. The lowest BCUT2D eigenvalue weighted by Gasteiger charge is -2.26. The highest BCUT2D eigenvalue weighted by atomic mass is 16.5. The van der Waals surface area contributed by atoms with E-state index in [0.717, 1.165) is 38.0 Å². The molecule has 1 saturated heterocycles. The number of nitrogens with zero attached hydrogens (tertiary/aromatic N) is 2. The first kappa shape index (κ1) is 12.3. The first-order chi connectivity index (χ1) is 8.22. The number of hydrogen-bond donors (Lipinski definition) is 3. The minimum atomic E-state index is 0.0757. The van der Waals surface area contributed by atoms with Crippen molar-refractivity contribution in [2.45, 2.75) is 25.3 Å². The SMILES string of the molecule is Cn1ncc(C(CC2CCOCC2)NN)c1N. The molecule has 0 spiro atoms. The zero-order chi connectivity index (χ0) is 12.3. The second-order valence-corrected chi connectivity index (χ2v) is 4.62. The molecule has 1 fully saturated rings. The molecule has 1 atom stereocenters. The molecule has 0 aromatic carbocycles. The second kappa shape index (κ2) is 5.48. The van der Waals surface area contributed by atoms with Crippen LogP contribution in [0.4, 0.5) is 5.82 Å². The first-order valence-electron chi connectivity index (χ1n) is 6.03. The molecule has 6 heteroatoms. The molecule has 1 aliphatic rings. The molecule has 0 amide bonds. The number of nitrogens with one attached hydrogen (secondary N) is 1. The summed E-state index contributed by atoms with van der Waals surface area (Å²) in [5, 5.41) is 4.15. The van der Waals surface area contributed by atoms with Crippen LogP contribution in [0.25, 0.3) is 0 Å². The van der Waals surface area contributed by atoms with Crippen molar-refractivity contribution in [3.05, 3.63) is 11.8 Å². The minimum absolute atomic E-state index is 0.0757. The zero-order valence-electron chi connectivity index (χ0n) is 10.2. The molecule has 0 aliphatic carbocycles. The van der Waals surface area contributed by atoms with Gasteiger partial charge < -0.3 is 10.5 Å². The van der Waals surface area contributed by atoms with Gasteiger partial charge in [0.15, 0.2) is 0 Å². The third-order valence-corrected chi connectivity index (χ3v) is 3.50. The van der Waals surface area contributed by atoms with Gasteiger partial charge in [-0.3, -0.25) is 16.0 Å². The summed E-state index contributed by atoms with van der Waals surface area (Å²) < 4.78 is 7.03. The summed E-state index contributed by atoms with van der Waals surface area (Å²) in [6.07, 6.45) is 4.96. The highest BCUT2D eigenvalue weighted by Gasteiger charge is 2.22. The van der Waals surface area contributed by atoms with Crippen LogP contribution in [0.2, 0.25) is 0 Å². The number of hydrogen-bond acceptors (Lipinski definition) is 5. The molecule has 0 bridgehead atoms. The summed E-state index contributed by atoms with van der Waals surface area (Å²) in [4.78, 5) is 0. The Kier molecular flexibility index (Phi) is 3.98. The smallest absolute Gasteiger partial charge is 0.126 e. The van der Waals surface area contributed by atoms with Crippen molar-refractivity contribution < 1.29 is 4.74 Å². The molecule has 0 radical (unpaired) electrons. The van der Waals surface area contributed by atoms with E-state index in [2.05, 4.69) is 10.5 Å². The van der Waals surface area contributed by atoms with Gasteiger partial charge >= 0.3 is 0 Å². The summed E-state index contributed by atoms with van der Waals surface area (Å²) in [7, 11) is 1.83. The maximum atomic E-state index is 5.96. The summed E-state index contributed by atoms with van der Waals surface area (Å²) in [6.45, 7) is 1.70. The summed E-state index contributed by atoms with van der Waals surface area (Å²) in [5.74, 6) is 6.95. The van der Waals surface area contributed by atoms with E-state index in [-0.39, 0.29) is 6.04 Å². The van der Waals surface area contributed by atoms with Crippen molar-refractivity contribution in [1.29, 1.82) is 0 Å². The van der Waals surface area contributed by atoms with Crippen molar-refractivity contribution in [3.8, 4) is 0 Å². The minimum Gasteiger partial charge on any atom is -0.384 e. The Bertz CT molecular complexity index is 359. The Morgan fingerprint density at radius 3 is 2.82 bits per heavy atom. The van der Waals surface area contributed by atoms with Gasteiger partial charge in [0.2, 0.25) is 0 Å². The third-order valence-electron chi connectivity index (χ3n) is 3.50. The highest BCUT2D eigenvalue weighted by molar-refractivity contribution is 5.40. The van der Waals surface area contributed by atoms with Crippen LogP contribution in [0, 0.1) is 5.92 Å². The van der Waals surface area contributed by atoms with Gasteiger partial charge in [-0.1, -0.05) is 0 Å². The van der Waals surface area contributed by atoms with E-state index in [1.807, 2.05) is 7.05 Å². The predicted octanol–water partition coefficient (Wildman–Crippen LogP) is 0.323. The molecule has 1 aromatic rings. The molecule has 1 unspecified atom stereocenters. The Morgan fingerprint density at radius 1 is 1.59 bits per heavy atom. The van der Waals surface area contributed by atoms with Gasteiger partial charge in [0.25, 0.3) is 0 Å². The van der Waals surface area contributed by atoms with Crippen molar-refractivity contribution in [1.82, 2.24) is 15.2 Å². The van der Waals surface area contributed by atoms with E-state index < -0.39 is 0 Å². The quantitative estimate of drug-likeness (QED) is 0.520. The normalized spacial score (nSPS) is 19.4. The number of rotatable bonds is 4. The van der Waals surface area contributed by atoms with Crippen LogP contribution in [0.15, 0.2) is 6.20 Å². The monoisotopic (exact) mass is 239 g/mol. The highest BCUT2D eigenvalue weighted by Crippen LogP contribution is 2.29. The Balaban J connectivity index is 2.03. The van der Waals surface area contributed by atoms with Crippen LogP contribution in [0.1, 0.15) is 30.9 Å². The van der Waals surface area contributed by atoms with Gasteiger partial charge in [0, 0.05) is 25.8 Å². The molecular formula is C11H21N5O. The van der Waals surface area contributed by atoms with Crippen LogP contribution >= 0.6 is 0 Å². The van der Waals surface area contributed by atoms with Gasteiger partial charge in [-0.15, -0.1) is 0 Å². The van der Waals surface area contributed by atoms with E-state index in [1.165, 1.54) is 0 Å². The van der Waals surface area contributed by atoms with Gasteiger partial charge in [0.1, 0.15) is 5.82 Å². The molecule has 2 heterocycles. The van der Waals surface area contributed by atoms with Crippen molar-refractivity contribution >= 4 is 5.82 Å². The average molecular weight is 239 g/mol. The Morgan fingerprint density at radius 2 is 2.29 bits per heavy atom. The predicted molar refractivity (Wildman–Crippen MR) is 65.8 cm³/mol. The lowest BCUT2D eigenvalue weighted by molar-refractivity contribution is 0.0605. The summed E-state index contributed by atoms with van der Waals surface area (Å²) >= 11 is 0. The molecule has 17 heavy (non-hydrogen) atoms. The number of nitrogens with two attached hydrogens (primary N) is 2. The number of anilines is 1. The molecule has 96 valence electrons. The Labute approximate surface area is 101 Å². The molecule has 5 N–H and O–H groups in total. The standard InChI is InChI=1S/C11H21N5O/c1-16-11(12)9(7-14-16)10(15-13)6-8-2-4-17-5-3-8/h7-8,10,15H,2-6,12-13H2,1H3. The topological polar surface area (TPSA) is 91.1 Å². The fraction of sp³-hybridized carbons (Fsp3) is 0.727. The molecule has 1 aromatic heterocycles. The first-order valence-corrected chi connectivity index (χ1v) is 6.03. The number of aryl methyl sites for hydroxylation is 1. The van der Waals surface area contributed by atoms with Crippen LogP contribution in [0.5, 0.6) is 0 Å². The van der Waals surface area contributed by atoms with Crippen molar-refractivity contribution in [3.63, 3.8) is 0 Å². The Hall–Kier alpha value is -1.11. The molecule has 6 nitrogen and oxygen atoms in total. The number of ether oxygens (including phenoxy) is 1. The van der Waals surface area contributed by atoms with Crippen LogP contribution in [0.3, 0.4) is 0 Å². The van der Waals surface area contributed by atoms with E-state index in [0.29, 0.717) is 11.7 Å². The zero-order valence-corrected chi connectivity index (χ0v) is 10.2. The summed E-state index contributed by atoms with van der Waals surface area (Å²) in [5.41, 5.74) is 9.80. The molecular weight excluding hydrogens is 218 g/mol. The molecule has 0 saturated carbocycles. The van der Waals surface area contributed by atoms with Crippen LogP contribution in [-0.4, -0.2) is 23.0 Å². The number of nitrogen functional groups attached to an aromatic ring is 1. The fourth-order valence-electron chi connectivity index (χ4n) is 2.33. The average Bonchev–Trinajstić information content (AvgIpc) is 2.69. The van der Waals surface area contributed by atoms with Crippen molar-refractivity contribution in [2.24, 2.45) is 18.8 Å². The van der Waals surface area contributed by atoms with Gasteiger partial charge in [-0.2, -0.15) is 5.10 Å². The second-order valence-electron chi connectivity index (χ2n) is 4.62. The van der Waals surface area contributed by atoms with E-state index in [4.69, 9.17) is 16.3 Å². The fourth-order valence-corrected chi connectivity index (χ4v) is 2.33. The van der Waals surface area contributed by atoms with Gasteiger partial charge in [-0.05, 0) is 25.2 Å². The van der Waals surface area contributed by atoms with Crippen LogP contribution in [-0.2, 0) is 11.8 Å². The number of aromatic nitrogens is 2. The van der Waals surface area contributed by atoms with Crippen LogP contribution < -0.4 is 17.0 Å². The van der Waals surface area contributed by atoms with E-state index in [9.17, 15) is 0 Å². The van der Waals surface area contributed by atoms with Gasteiger partial charge in [-0.25, -0.2) is 0 Å². The third kappa shape index (κ3) is 2.77. The summed E-state index contributed by atoms with van der Waals surface area (Å²) in [6, 6.07) is 0.0757. The van der Waals surface area contributed by atoms with Crippen molar-refractivity contribution in [2.75, 3.05) is 18.9 Å². The van der Waals surface area contributed by atoms with E-state index >= 15 is 0 Å².